The Hall–Kier alpha value is -1.26. The van der Waals surface area contributed by atoms with Crippen LogP contribution >= 0.6 is 22.7 Å². The quantitative estimate of drug-likeness (QED) is 0.611. The normalized spacial score (nSPS) is 11.4. The van der Waals surface area contributed by atoms with E-state index in [0.29, 0.717) is 0 Å². The molecule has 0 radical (unpaired) electrons. The molecule has 2 nitrogen and oxygen atoms in total. The predicted molar refractivity (Wildman–Crippen MR) is 66.0 cm³/mol. The number of hydrogen-bond acceptors (Lipinski definition) is 4. The summed E-state index contributed by atoms with van der Waals surface area (Å²) in [6.07, 6.45) is 0. The van der Waals surface area contributed by atoms with Crippen LogP contribution in [0, 0.1) is 0 Å². The highest BCUT2D eigenvalue weighted by molar-refractivity contribution is 7.24. The second kappa shape index (κ2) is 2.62. The molecule has 4 N–H and O–H groups in total. The molecule has 0 fully saturated rings. The zero-order valence-corrected chi connectivity index (χ0v) is 8.91. The molecule has 3 rings (SSSR count). The molecule has 14 heavy (non-hydrogen) atoms. The van der Waals surface area contributed by atoms with Crippen molar-refractivity contribution in [3.8, 4) is 0 Å². The Balaban J connectivity index is 2.49. The molecule has 4 heteroatoms. The van der Waals surface area contributed by atoms with Crippen molar-refractivity contribution in [2.45, 2.75) is 0 Å². The first kappa shape index (κ1) is 8.08. The van der Waals surface area contributed by atoms with Gasteiger partial charge in [0.05, 0.1) is 10.0 Å². The Labute approximate surface area is 88.8 Å². The molecule has 0 aliphatic heterocycles. The highest BCUT2D eigenvalue weighted by atomic mass is 32.1. The fourth-order valence-corrected chi connectivity index (χ4v) is 3.34. The first-order chi connectivity index (χ1) is 6.72. The van der Waals surface area contributed by atoms with Crippen molar-refractivity contribution < 1.29 is 0 Å². The van der Waals surface area contributed by atoms with Gasteiger partial charge >= 0.3 is 0 Å². The molecule has 0 saturated carbocycles. The van der Waals surface area contributed by atoms with Gasteiger partial charge in [0.2, 0.25) is 0 Å². The van der Waals surface area contributed by atoms with Crippen LogP contribution in [0.1, 0.15) is 0 Å². The molecule has 0 spiro atoms. The molecule has 0 amide bonds. The van der Waals surface area contributed by atoms with Crippen LogP contribution in [0.25, 0.3) is 20.2 Å². The van der Waals surface area contributed by atoms with Gasteiger partial charge in [-0.05, 0) is 35.0 Å². The van der Waals surface area contributed by atoms with E-state index < -0.39 is 0 Å². The van der Waals surface area contributed by atoms with Crippen LogP contribution in [0.2, 0.25) is 0 Å². The molecule has 0 bridgehead atoms. The van der Waals surface area contributed by atoms with Gasteiger partial charge in [-0.1, -0.05) is 0 Å². The number of hydrogen-bond donors (Lipinski definition) is 2. The Bertz CT molecular complexity index is 519. The van der Waals surface area contributed by atoms with Crippen molar-refractivity contribution in [3.05, 3.63) is 24.3 Å². The third-order valence-electron chi connectivity index (χ3n) is 2.19. The number of nitrogens with two attached hydrogens (primary N) is 2. The number of benzene rings is 1. The lowest BCUT2D eigenvalue weighted by Crippen LogP contribution is -1.72. The van der Waals surface area contributed by atoms with Gasteiger partial charge in [0.15, 0.2) is 0 Å². The summed E-state index contributed by atoms with van der Waals surface area (Å²) < 4.78 is 2.46. The first-order valence-corrected chi connectivity index (χ1v) is 5.84. The number of fused-ring (bicyclic) bond motifs is 2. The van der Waals surface area contributed by atoms with Gasteiger partial charge in [-0.3, -0.25) is 0 Å². The molecule has 2 aromatic heterocycles. The van der Waals surface area contributed by atoms with Crippen molar-refractivity contribution in [1.82, 2.24) is 0 Å². The summed E-state index contributed by atoms with van der Waals surface area (Å²) in [7, 11) is 0. The highest BCUT2D eigenvalue weighted by Crippen LogP contribution is 2.35. The minimum absolute atomic E-state index is 0.866. The molecular weight excluding hydrogens is 212 g/mol. The van der Waals surface area contributed by atoms with Gasteiger partial charge in [-0.25, -0.2) is 0 Å². The Kier molecular flexibility index (Phi) is 1.51. The smallest absolute Gasteiger partial charge is 0.0868 e. The van der Waals surface area contributed by atoms with E-state index in [4.69, 9.17) is 11.5 Å². The van der Waals surface area contributed by atoms with E-state index in [-0.39, 0.29) is 0 Å². The minimum atomic E-state index is 0.866. The molecule has 70 valence electrons. The zero-order valence-electron chi connectivity index (χ0n) is 7.28. The second-order valence-electron chi connectivity index (χ2n) is 3.23. The van der Waals surface area contributed by atoms with E-state index in [9.17, 15) is 0 Å². The lowest BCUT2D eigenvalue weighted by Gasteiger charge is -1.89. The number of anilines is 2. The fraction of sp³-hybridized carbons (Fsp3) is 0. The monoisotopic (exact) mass is 220 g/mol. The summed E-state index contributed by atoms with van der Waals surface area (Å²) in [6, 6.07) is 8.32. The molecule has 0 aliphatic carbocycles. The van der Waals surface area contributed by atoms with Crippen molar-refractivity contribution in [2.75, 3.05) is 11.5 Å². The lowest BCUT2D eigenvalue weighted by atomic mass is 10.2. The zero-order chi connectivity index (χ0) is 9.71. The van der Waals surface area contributed by atoms with Gasteiger partial charge in [-0.2, -0.15) is 0 Å². The van der Waals surface area contributed by atoms with Crippen LogP contribution in [0.3, 0.4) is 0 Å². The van der Waals surface area contributed by atoms with E-state index in [0.717, 1.165) is 10.0 Å². The van der Waals surface area contributed by atoms with Crippen LogP contribution in [0.4, 0.5) is 10.0 Å². The second-order valence-corrected chi connectivity index (χ2v) is 5.46. The lowest BCUT2D eigenvalue weighted by molar-refractivity contribution is 1.97. The average molecular weight is 220 g/mol. The molecule has 0 unspecified atom stereocenters. The summed E-state index contributed by atoms with van der Waals surface area (Å²) in [4.78, 5) is 0. The Morgan fingerprint density at radius 1 is 0.714 bits per heavy atom. The first-order valence-electron chi connectivity index (χ1n) is 4.20. The maximum Gasteiger partial charge on any atom is 0.0868 e. The highest BCUT2D eigenvalue weighted by Gasteiger charge is 2.04. The van der Waals surface area contributed by atoms with E-state index >= 15 is 0 Å². The topological polar surface area (TPSA) is 52.0 Å². The van der Waals surface area contributed by atoms with Gasteiger partial charge in [0, 0.05) is 9.40 Å². The molecule has 0 aliphatic rings. The van der Waals surface area contributed by atoms with Crippen molar-refractivity contribution in [2.24, 2.45) is 0 Å². The molecule has 0 atom stereocenters. The summed E-state index contributed by atoms with van der Waals surface area (Å²) in [5.74, 6) is 0. The predicted octanol–water partition coefficient (Wildman–Crippen LogP) is 3.28. The number of nitrogen functional groups attached to an aromatic ring is 2. The third kappa shape index (κ3) is 1.08. The van der Waals surface area contributed by atoms with Crippen LogP contribution in [-0.2, 0) is 0 Å². The van der Waals surface area contributed by atoms with Gasteiger partial charge < -0.3 is 11.5 Å². The Morgan fingerprint density at radius 2 is 1.14 bits per heavy atom. The van der Waals surface area contributed by atoms with Crippen molar-refractivity contribution >= 4 is 52.8 Å². The standard InChI is InChI=1S/C10H8N2S2/c11-9-3-5-1-7-6(2-8(5)14-9)4-10(12)13-7/h1-4H,11-12H2. The van der Waals surface area contributed by atoms with Crippen LogP contribution in [0.15, 0.2) is 24.3 Å². The summed E-state index contributed by atoms with van der Waals surface area (Å²) in [6.45, 7) is 0. The third-order valence-corrected chi connectivity index (χ3v) is 4.05. The van der Waals surface area contributed by atoms with Gasteiger partial charge in [0.25, 0.3) is 0 Å². The van der Waals surface area contributed by atoms with Crippen molar-refractivity contribution in [3.63, 3.8) is 0 Å². The average Bonchev–Trinajstić information content (AvgIpc) is 2.59. The maximum absolute atomic E-state index is 5.75. The maximum atomic E-state index is 5.75. The molecule has 3 aromatic rings. The van der Waals surface area contributed by atoms with Crippen molar-refractivity contribution in [1.29, 1.82) is 0 Å². The minimum Gasteiger partial charge on any atom is -0.391 e. The number of thiophene rings is 2. The summed E-state index contributed by atoms with van der Waals surface area (Å²) in [5.41, 5.74) is 11.5. The van der Waals surface area contributed by atoms with E-state index in [2.05, 4.69) is 12.1 Å². The largest absolute Gasteiger partial charge is 0.391 e. The molecule has 2 heterocycles. The van der Waals surface area contributed by atoms with E-state index in [1.165, 1.54) is 20.2 Å². The Morgan fingerprint density at radius 3 is 1.57 bits per heavy atom. The van der Waals surface area contributed by atoms with Gasteiger partial charge in [-0.15, -0.1) is 22.7 Å². The van der Waals surface area contributed by atoms with Crippen LogP contribution in [-0.4, -0.2) is 0 Å². The van der Waals surface area contributed by atoms with E-state index in [1.807, 2.05) is 12.1 Å². The van der Waals surface area contributed by atoms with Crippen LogP contribution < -0.4 is 11.5 Å². The van der Waals surface area contributed by atoms with Crippen LogP contribution in [0.5, 0.6) is 0 Å². The van der Waals surface area contributed by atoms with E-state index in [1.54, 1.807) is 22.7 Å². The molecule has 0 saturated heterocycles. The molecule has 1 aromatic carbocycles. The number of rotatable bonds is 0. The fourth-order valence-electron chi connectivity index (χ4n) is 1.61. The summed E-state index contributed by atoms with van der Waals surface area (Å²) >= 11 is 3.24. The molecular formula is C10H8N2S2. The van der Waals surface area contributed by atoms with Gasteiger partial charge in [0.1, 0.15) is 0 Å². The SMILES string of the molecule is Nc1cc2cc3sc(N)cc3cc2s1. The summed E-state index contributed by atoms with van der Waals surface area (Å²) in [5, 5.41) is 4.15.